The number of para-hydroxylation sites is 1. The molecule has 118 valence electrons. The van der Waals surface area contributed by atoms with Gasteiger partial charge >= 0.3 is 5.97 Å². The second kappa shape index (κ2) is 6.23. The van der Waals surface area contributed by atoms with Crippen LogP contribution in [0.3, 0.4) is 0 Å². The molecule has 0 saturated carbocycles. The first kappa shape index (κ1) is 16.1. The van der Waals surface area contributed by atoms with Crippen molar-refractivity contribution >= 4 is 5.97 Å². The average molecular weight is 304 g/mol. The molecular weight excluding hydrogens is 284 g/mol. The maximum Gasteiger partial charge on any atom is 0.339 e. The Labute approximate surface area is 129 Å². The number of aliphatic hydroxyl groups is 2. The van der Waals surface area contributed by atoms with E-state index in [2.05, 4.69) is 0 Å². The smallest absolute Gasteiger partial charge is 0.339 e. The van der Waals surface area contributed by atoms with E-state index in [0.29, 0.717) is 17.7 Å². The van der Waals surface area contributed by atoms with Crippen LogP contribution in [0, 0.1) is 5.92 Å². The lowest BCUT2D eigenvalue weighted by atomic mass is 9.77. The predicted octanol–water partition coefficient (Wildman–Crippen LogP) is 2.68. The first-order valence-electron chi connectivity index (χ1n) is 7.09. The second-order valence-electron chi connectivity index (χ2n) is 5.62. The van der Waals surface area contributed by atoms with E-state index < -0.39 is 17.5 Å². The van der Waals surface area contributed by atoms with Crippen LogP contribution in [0.25, 0.3) is 0 Å². The van der Waals surface area contributed by atoms with Crippen LogP contribution >= 0.6 is 0 Å². The van der Waals surface area contributed by atoms with Crippen LogP contribution in [-0.2, 0) is 4.79 Å². The van der Waals surface area contributed by atoms with Gasteiger partial charge in [0.2, 0.25) is 0 Å². The fourth-order valence-corrected chi connectivity index (χ4v) is 2.78. The van der Waals surface area contributed by atoms with Crippen LogP contribution in [0.15, 0.2) is 53.3 Å². The molecule has 1 aromatic carbocycles. The van der Waals surface area contributed by atoms with E-state index in [-0.39, 0.29) is 17.9 Å². The highest BCUT2D eigenvalue weighted by Gasteiger charge is 2.40. The van der Waals surface area contributed by atoms with Crippen molar-refractivity contribution in [3.8, 4) is 5.75 Å². The Morgan fingerprint density at radius 3 is 2.55 bits per heavy atom. The van der Waals surface area contributed by atoms with Gasteiger partial charge in [0, 0.05) is 0 Å². The number of aliphatic hydroxyl groups excluding tert-OH is 1. The van der Waals surface area contributed by atoms with Gasteiger partial charge in [-0.1, -0.05) is 18.2 Å². The van der Waals surface area contributed by atoms with Gasteiger partial charge in [-0.15, -0.1) is 0 Å². The Morgan fingerprint density at radius 2 is 1.95 bits per heavy atom. The molecule has 1 aliphatic rings. The van der Waals surface area contributed by atoms with Crippen LogP contribution < -0.4 is 4.74 Å². The van der Waals surface area contributed by atoms with Crippen LogP contribution in [0.5, 0.6) is 5.75 Å². The number of ether oxygens (including phenoxy) is 1. The fourth-order valence-electron chi connectivity index (χ4n) is 2.78. The quantitative estimate of drug-likeness (QED) is 0.778. The second-order valence-corrected chi connectivity index (χ2v) is 5.62. The van der Waals surface area contributed by atoms with Crippen LogP contribution in [-0.4, -0.2) is 33.5 Å². The lowest BCUT2D eigenvalue weighted by molar-refractivity contribution is -0.132. The monoisotopic (exact) mass is 304 g/mol. The number of hydrogen-bond acceptors (Lipinski definition) is 4. The molecule has 0 aliphatic heterocycles. The Bertz CT molecular complexity index is 613. The zero-order valence-electron chi connectivity index (χ0n) is 12.6. The van der Waals surface area contributed by atoms with Crippen LogP contribution in [0.4, 0.5) is 0 Å². The van der Waals surface area contributed by atoms with Gasteiger partial charge in [-0.3, -0.25) is 0 Å². The number of carbonyl (C=O) groups is 1. The third-order valence-electron chi connectivity index (χ3n) is 3.83. The molecule has 2 unspecified atom stereocenters. The van der Waals surface area contributed by atoms with E-state index in [1.807, 2.05) is 18.2 Å². The van der Waals surface area contributed by atoms with E-state index in [9.17, 15) is 20.1 Å². The highest BCUT2D eigenvalue weighted by molar-refractivity contribution is 5.92. The van der Waals surface area contributed by atoms with Gasteiger partial charge in [0.25, 0.3) is 0 Å². The molecule has 5 heteroatoms. The summed E-state index contributed by atoms with van der Waals surface area (Å²) in [4.78, 5) is 11.3. The standard InChI is InChI=1S/C17H20O5/c1-11-10-17(2,21)13(15(18)14(11)16(19)20)8-9-22-12-6-4-3-5-7-12/h3-7,10,13,18,21H,8-9H2,1-2H3,(H,19,20). The van der Waals surface area contributed by atoms with Crippen LogP contribution in [0.1, 0.15) is 20.3 Å². The van der Waals surface area contributed by atoms with E-state index in [1.165, 1.54) is 6.08 Å². The lowest BCUT2D eigenvalue weighted by Crippen LogP contribution is -2.39. The third-order valence-corrected chi connectivity index (χ3v) is 3.83. The Kier molecular flexibility index (Phi) is 4.56. The summed E-state index contributed by atoms with van der Waals surface area (Å²) >= 11 is 0. The van der Waals surface area contributed by atoms with Gasteiger partial charge in [0.15, 0.2) is 0 Å². The molecule has 0 saturated heterocycles. The molecule has 1 aliphatic carbocycles. The van der Waals surface area contributed by atoms with Gasteiger partial charge in [0.05, 0.1) is 23.7 Å². The summed E-state index contributed by atoms with van der Waals surface area (Å²) in [6.45, 7) is 3.37. The Balaban J connectivity index is 2.13. The van der Waals surface area contributed by atoms with E-state index in [4.69, 9.17) is 4.74 Å². The van der Waals surface area contributed by atoms with E-state index >= 15 is 0 Å². The van der Waals surface area contributed by atoms with E-state index in [0.717, 1.165) is 0 Å². The number of benzene rings is 1. The zero-order chi connectivity index (χ0) is 16.3. The van der Waals surface area contributed by atoms with E-state index in [1.54, 1.807) is 26.0 Å². The van der Waals surface area contributed by atoms with Crippen LogP contribution in [0.2, 0.25) is 0 Å². The van der Waals surface area contributed by atoms with Gasteiger partial charge in [-0.25, -0.2) is 4.79 Å². The molecule has 0 fully saturated rings. The fraction of sp³-hybridized carbons (Fsp3) is 0.353. The van der Waals surface area contributed by atoms with Gasteiger partial charge in [0.1, 0.15) is 11.5 Å². The summed E-state index contributed by atoms with van der Waals surface area (Å²) in [5.41, 5.74) is -1.10. The van der Waals surface area contributed by atoms with Gasteiger partial charge in [-0.2, -0.15) is 0 Å². The van der Waals surface area contributed by atoms with Gasteiger partial charge < -0.3 is 20.1 Å². The summed E-state index contributed by atoms with van der Waals surface area (Å²) in [6, 6.07) is 9.18. The van der Waals surface area contributed by atoms with Crippen molar-refractivity contribution in [3.63, 3.8) is 0 Å². The zero-order valence-corrected chi connectivity index (χ0v) is 12.6. The topological polar surface area (TPSA) is 87.0 Å². The molecule has 5 nitrogen and oxygen atoms in total. The summed E-state index contributed by atoms with van der Waals surface area (Å²) in [6.07, 6.45) is 1.78. The Hall–Kier alpha value is -2.27. The molecule has 0 heterocycles. The first-order chi connectivity index (χ1) is 10.3. The number of carboxylic acid groups (broad SMARTS) is 1. The summed E-state index contributed by atoms with van der Waals surface area (Å²) < 4.78 is 5.56. The maximum absolute atomic E-state index is 11.3. The molecular formula is C17H20O5. The van der Waals surface area contributed by atoms with Gasteiger partial charge in [-0.05, 0) is 44.1 Å². The van der Waals surface area contributed by atoms with Crippen molar-refractivity contribution in [1.82, 2.24) is 0 Å². The number of hydrogen-bond donors (Lipinski definition) is 3. The minimum absolute atomic E-state index is 0.142. The average Bonchev–Trinajstić information content (AvgIpc) is 2.42. The van der Waals surface area contributed by atoms with Crippen molar-refractivity contribution in [1.29, 1.82) is 0 Å². The largest absolute Gasteiger partial charge is 0.511 e. The highest BCUT2D eigenvalue weighted by atomic mass is 16.5. The Morgan fingerprint density at radius 1 is 1.32 bits per heavy atom. The highest BCUT2D eigenvalue weighted by Crippen LogP contribution is 2.37. The van der Waals surface area contributed by atoms with Crippen molar-refractivity contribution in [2.75, 3.05) is 6.61 Å². The normalized spacial score (nSPS) is 24.9. The molecule has 0 spiro atoms. The summed E-state index contributed by atoms with van der Waals surface area (Å²) in [5.74, 6) is -1.53. The molecule has 1 aromatic rings. The molecule has 0 bridgehead atoms. The van der Waals surface area contributed by atoms with Crippen molar-refractivity contribution in [3.05, 3.63) is 53.3 Å². The minimum Gasteiger partial charge on any atom is -0.511 e. The summed E-state index contributed by atoms with van der Waals surface area (Å²) in [5, 5.41) is 29.9. The predicted molar refractivity (Wildman–Crippen MR) is 81.7 cm³/mol. The molecule has 2 atom stereocenters. The minimum atomic E-state index is -1.31. The molecule has 0 aromatic heterocycles. The summed E-state index contributed by atoms with van der Waals surface area (Å²) in [7, 11) is 0. The molecule has 2 rings (SSSR count). The van der Waals surface area contributed by atoms with Crippen molar-refractivity contribution in [2.45, 2.75) is 25.9 Å². The number of carboxylic acids is 1. The molecule has 3 N–H and O–H groups in total. The number of aliphatic carboxylic acids is 1. The number of rotatable bonds is 5. The van der Waals surface area contributed by atoms with Crippen molar-refractivity contribution in [2.24, 2.45) is 5.92 Å². The SMILES string of the molecule is CC1=CC(C)(O)C(CCOc2ccccc2)C(O)=C1C(=O)O. The molecule has 0 radical (unpaired) electrons. The van der Waals surface area contributed by atoms with Crippen molar-refractivity contribution < 1.29 is 24.9 Å². The third kappa shape index (κ3) is 3.31. The molecule has 22 heavy (non-hydrogen) atoms. The first-order valence-corrected chi connectivity index (χ1v) is 7.09. The molecule has 0 amide bonds. The lowest BCUT2D eigenvalue weighted by Gasteiger charge is -2.34. The maximum atomic E-state index is 11.3.